The Hall–Kier alpha value is -2.80. The summed E-state index contributed by atoms with van der Waals surface area (Å²) in [5, 5.41) is 0.574. The van der Waals surface area contributed by atoms with Gasteiger partial charge in [-0.3, -0.25) is 14.6 Å². The lowest BCUT2D eigenvalue weighted by Crippen LogP contribution is -2.51. The van der Waals surface area contributed by atoms with Gasteiger partial charge in [0, 0.05) is 56.4 Å². The molecule has 3 fully saturated rings. The van der Waals surface area contributed by atoms with Gasteiger partial charge in [0.15, 0.2) is 0 Å². The number of hydrogen-bond donors (Lipinski definition) is 0. The van der Waals surface area contributed by atoms with Crippen molar-refractivity contribution in [1.29, 1.82) is 0 Å². The molecule has 0 saturated carbocycles. The third-order valence-corrected chi connectivity index (χ3v) is 8.19. The summed E-state index contributed by atoms with van der Waals surface area (Å²) in [6, 6.07) is 6.06. The van der Waals surface area contributed by atoms with Crippen LogP contribution in [0.3, 0.4) is 0 Å². The van der Waals surface area contributed by atoms with Crippen LogP contribution < -0.4 is 4.90 Å². The third-order valence-electron chi connectivity index (χ3n) is 7.22. The van der Waals surface area contributed by atoms with E-state index in [9.17, 15) is 22.8 Å². The lowest BCUT2D eigenvalue weighted by atomic mass is 10.1. The average molecular weight is 567 g/mol. The summed E-state index contributed by atoms with van der Waals surface area (Å²) in [5.41, 5.74) is -0.435. The highest BCUT2D eigenvalue weighted by Crippen LogP contribution is 2.33. The smallest absolute Gasteiger partial charge is 0.444 e. The Morgan fingerprint density at radius 1 is 1.03 bits per heavy atom. The van der Waals surface area contributed by atoms with Gasteiger partial charge in [0.25, 0.3) is 0 Å². The van der Waals surface area contributed by atoms with Crippen molar-refractivity contribution in [2.45, 2.75) is 51.1 Å². The maximum Gasteiger partial charge on any atom is 0.451 e. The maximum atomic E-state index is 13.5. The second-order valence-corrected chi connectivity index (χ2v) is 12.2. The lowest BCUT2D eigenvalue weighted by molar-refractivity contribution is -0.144. The van der Waals surface area contributed by atoms with Crippen LogP contribution in [0.15, 0.2) is 24.3 Å². The minimum Gasteiger partial charge on any atom is -0.444 e. The molecule has 1 aromatic carbocycles. The van der Waals surface area contributed by atoms with Gasteiger partial charge in [-0.05, 0) is 39.3 Å². The van der Waals surface area contributed by atoms with Gasteiger partial charge in [-0.1, -0.05) is 12.1 Å². The summed E-state index contributed by atoms with van der Waals surface area (Å²) in [6.07, 6.45) is -4.65. The molecular formula is C26H33F3N6O3S. The zero-order chi connectivity index (χ0) is 27.9. The summed E-state index contributed by atoms with van der Waals surface area (Å²) < 4.78 is 46.2. The number of carbonyl (C=O) groups is 2. The van der Waals surface area contributed by atoms with Crippen LogP contribution >= 0.6 is 11.8 Å². The number of hydrogen-bond acceptors (Lipinski definition) is 8. The molecule has 0 N–H and O–H groups in total. The Morgan fingerprint density at radius 3 is 2.38 bits per heavy atom. The molecule has 0 aliphatic carbocycles. The van der Waals surface area contributed by atoms with Crippen molar-refractivity contribution in [3.8, 4) is 0 Å². The number of anilines is 1. The molecule has 1 aromatic heterocycles. The van der Waals surface area contributed by atoms with Crippen molar-refractivity contribution in [2.75, 3.05) is 55.8 Å². The van der Waals surface area contributed by atoms with E-state index in [0.717, 1.165) is 5.75 Å². The monoisotopic (exact) mass is 566 g/mol. The Labute approximate surface area is 229 Å². The van der Waals surface area contributed by atoms with Gasteiger partial charge in [0.05, 0.1) is 11.4 Å². The minimum absolute atomic E-state index is 0.0564. The predicted molar refractivity (Wildman–Crippen MR) is 142 cm³/mol. The quantitative estimate of drug-likeness (QED) is 0.557. The van der Waals surface area contributed by atoms with Gasteiger partial charge in [0.2, 0.25) is 11.7 Å². The molecule has 212 valence electrons. The van der Waals surface area contributed by atoms with E-state index in [1.807, 2.05) is 4.90 Å². The number of likely N-dealkylation sites (tertiary alicyclic amines) is 1. The molecule has 2 atom stereocenters. The molecule has 9 nitrogen and oxygen atoms in total. The second kappa shape index (κ2) is 10.6. The van der Waals surface area contributed by atoms with Gasteiger partial charge in [0.1, 0.15) is 17.5 Å². The zero-order valence-corrected chi connectivity index (χ0v) is 23.1. The van der Waals surface area contributed by atoms with Crippen LogP contribution in [0.5, 0.6) is 0 Å². The van der Waals surface area contributed by atoms with Crippen LogP contribution in [0, 0.1) is 0 Å². The highest BCUT2D eigenvalue weighted by atomic mass is 32.2. The number of halogens is 3. The number of thioether (sulfide) groups is 1. The molecule has 3 saturated heterocycles. The van der Waals surface area contributed by atoms with Gasteiger partial charge in [-0.25, -0.2) is 14.8 Å². The molecule has 39 heavy (non-hydrogen) atoms. The second-order valence-electron chi connectivity index (χ2n) is 11.1. The summed E-state index contributed by atoms with van der Waals surface area (Å²) >= 11 is 1.69. The number of carbonyl (C=O) groups excluding carboxylic acids is 2. The largest absolute Gasteiger partial charge is 0.451 e. The molecule has 0 bridgehead atoms. The van der Waals surface area contributed by atoms with Crippen LogP contribution in [0.4, 0.5) is 23.8 Å². The fourth-order valence-electron chi connectivity index (χ4n) is 5.36. The van der Waals surface area contributed by atoms with E-state index in [0.29, 0.717) is 57.0 Å². The summed E-state index contributed by atoms with van der Waals surface area (Å²) in [5.74, 6) is 0.564. The van der Waals surface area contributed by atoms with E-state index in [-0.39, 0.29) is 23.3 Å². The normalized spacial score (nSPS) is 23.1. The summed E-state index contributed by atoms with van der Waals surface area (Å²) in [7, 11) is 0. The highest BCUT2D eigenvalue weighted by molar-refractivity contribution is 7.99. The Kier molecular flexibility index (Phi) is 7.57. The topological polar surface area (TPSA) is 82.1 Å². The van der Waals surface area contributed by atoms with E-state index in [1.54, 1.807) is 66.6 Å². The summed E-state index contributed by atoms with van der Waals surface area (Å²) in [4.78, 5) is 41.5. The Bertz CT molecular complexity index is 1230. The zero-order valence-electron chi connectivity index (χ0n) is 22.3. The van der Waals surface area contributed by atoms with E-state index in [4.69, 9.17) is 4.74 Å². The predicted octanol–water partition coefficient (Wildman–Crippen LogP) is 3.68. The number of ether oxygens (including phenoxy) is 1. The number of piperazine rings is 1. The number of nitrogens with zero attached hydrogens (tertiary/aromatic N) is 6. The third kappa shape index (κ3) is 6.03. The number of para-hydroxylation sites is 1. The number of amides is 2. The van der Waals surface area contributed by atoms with Crippen LogP contribution in [-0.2, 0) is 15.7 Å². The SMILES string of the molecule is CC(C)(C)OC(=O)N1C[C@@H](N2CCN(c3nc(C(F)(F)F)nc4ccccc34)CC2)C[C@H]1C(=O)N1CCSC1. The standard InChI is InChI=1S/C26H33F3N6O3S/c1-25(2,3)38-24(37)35-15-17(14-20(35)22(36)34-12-13-39-16-34)32-8-10-33(11-9-32)21-18-6-4-5-7-19(18)30-23(31-21)26(27,28)29/h4-7,17,20H,8-16H2,1-3H3/t17-,20-/m0/s1. The molecule has 2 amide bonds. The van der Waals surface area contributed by atoms with Crippen molar-refractivity contribution in [2.24, 2.45) is 0 Å². The van der Waals surface area contributed by atoms with E-state index >= 15 is 0 Å². The molecule has 0 unspecified atom stereocenters. The lowest BCUT2D eigenvalue weighted by Gasteiger charge is -2.38. The highest BCUT2D eigenvalue weighted by Gasteiger charge is 2.45. The van der Waals surface area contributed by atoms with Crippen LogP contribution in [0.2, 0.25) is 0 Å². The molecule has 0 radical (unpaired) electrons. The molecule has 13 heteroatoms. The summed E-state index contributed by atoms with van der Waals surface area (Å²) in [6.45, 7) is 8.47. The molecule has 5 rings (SSSR count). The van der Waals surface area contributed by atoms with Gasteiger partial charge >= 0.3 is 12.3 Å². The molecule has 4 heterocycles. The molecule has 3 aliphatic rings. The number of fused-ring (bicyclic) bond motifs is 1. The molecular weight excluding hydrogens is 533 g/mol. The first-order valence-corrected chi connectivity index (χ1v) is 14.3. The van der Waals surface area contributed by atoms with Gasteiger partial charge in [-0.15, -0.1) is 11.8 Å². The Morgan fingerprint density at radius 2 is 1.74 bits per heavy atom. The van der Waals surface area contributed by atoms with Gasteiger partial charge < -0.3 is 14.5 Å². The molecule has 3 aliphatic heterocycles. The van der Waals surface area contributed by atoms with Crippen LogP contribution in [0.1, 0.15) is 33.0 Å². The van der Waals surface area contributed by atoms with Gasteiger partial charge in [-0.2, -0.15) is 13.2 Å². The van der Waals surface area contributed by atoms with E-state index < -0.39 is 29.7 Å². The Balaban J connectivity index is 1.32. The van der Waals surface area contributed by atoms with Crippen molar-refractivity contribution in [1.82, 2.24) is 24.7 Å². The molecule has 0 spiro atoms. The van der Waals surface area contributed by atoms with Crippen LogP contribution in [-0.4, -0.2) is 105 Å². The average Bonchev–Trinajstić information content (AvgIpc) is 3.57. The number of alkyl halides is 3. The fourth-order valence-corrected chi connectivity index (χ4v) is 6.32. The van der Waals surface area contributed by atoms with Crippen LogP contribution in [0.25, 0.3) is 10.9 Å². The minimum atomic E-state index is -4.65. The van der Waals surface area contributed by atoms with E-state index in [2.05, 4.69) is 14.9 Å². The first-order valence-electron chi connectivity index (χ1n) is 13.1. The fraction of sp³-hybridized carbons (Fsp3) is 0.615. The van der Waals surface area contributed by atoms with Crippen molar-refractivity contribution < 1.29 is 27.5 Å². The van der Waals surface area contributed by atoms with Crippen molar-refractivity contribution in [3.63, 3.8) is 0 Å². The van der Waals surface area contributed by atoms with Crippen molar-refractivity contribution in [3.05, 3.63) is 30.1 Å². The number of benzene rings is 1. The number of rotatable bonds is 3. The van der Waals surface area contributed by atoms with E-state index in [1.165, 1.54) is 0 Å². The van der Waals surface area contributed by atoms with Crippen molar-refractivity contribution >= 4 is 40.5 Å². The first kappa shape index (κ1) is 27.8. The number of aromatic nitrogens is 2. The first-order chi connectivity index (χ1) is 18.4. The maximum absolute atomic E-state index is 13.5. The molecule has 2 aromatic rings.